The molecular weight excluding hydrogens is 676 g/mol. The Morgan fingerprint density at radius 2 is 1.04 bits per heavy atom. The van der Waals surface area contributed by atoms with Crippen LogP contribution in [0.15, 0.2) is 118 Å². The number of aromatic nitrogens is 2. The van der Waals surface area contributed by atoms with Gasteiger partial charge in [0.1, 0.15) is 11.6 Å². The average Bonchev–Trinajstić information content (AvgIpc) is 3.80. The molecule has 0 amide bonds. The number of anilines is 2. The number of morpholine rings is 2. The summed E-state index contributed by atoms with van der Waals surface area (Å²) in [7, 11) is 0. The highest BCUT2D eigenvalue weighted by atomic mass is 79.9. The first-order valence-electron chi connectivity index (χ1n) is 16.8. The highest BCUT2D eigenvalue weighted by Gasteiger charge is 2.21. The molecule has 6 heterocycles. The third-order valence-corrected chi connectivity index (χ3v) is 9.81. The number of hydrogen-bond acceptors (Lipinski definition) is 8. The van der Waals surface area contributed by atoms with Crippen LogP contribution < -0.4 is 9.80 Å². The first-order chi connectivity index (χ1) is 24.2. The Morgan fingerprint density at radius 1 is 0.510 bits per heavy atom. The van der Waals surface area contributed by atoms with Crippen molar-refractivity contribution in [3.63, 3.8) is 0 Å². The fraction of sp³-hybridized carbons (Fsp3) is 0.250. The molecular formula is C40H37BrN6O2. The lowest BCUT2D eigenvalue weighted by atomic mass is 9.96. The van der Waals surface area contributed by atoms with Crippen molar-refractivity contribution in [1.29, 1.82) is 0 Å². The van der Waals surface area contributed by atoms with Crippen molar-refractivity contribution in [2.45, 2.75) is 13.1 Å². The predicted molar refractivity (Wildman–Crippen MR) is 199 cm³/mol. The number of hydrogen-bond donors (Lipinski definition) is 0. The molecule has 9 heteroatoms. The van der Waals surface area contributed by atoms with Crippen LogP contribution in [0, 0.1) is 0 Å². The maximum absolute atomic E-state index is 5.45. The molecule has 9 rings (SSSR count). The zero-order valence-corrected chi connectivity index (χ0v) is 28.8. The van der Waals surface area contributed by atoms with Gasteiger partial charge in [0, 0.05) is 65.3 Å². The summed E-state index contributed by atoms with van der Waals surface area (Å²) in [4.78, 5) is 23.2. The molecule has 3 aromatic carbocycles. The molecule has 2 saturated heterocycles. The number of benzene rings is 3. The molecule has 0 saturated carbocycles. The zero-order chi connectivity index (χ0) is 33.0. The maximum atomic E-state index is 5.45. The van der Waals surface area contributed by atoms with Crippen molar-refractivity contribution < 1.29 is 9.47 Å². The largest absolute Gasteiger partial charge is 0.378 e. The molecule has 2 aromatic heterocycles. The second kappa shape index (κ2) is 14.4. The molecule has 8 nitrogen and oxygen atoms in total. The Kier molecular flexibility index (Phi) is 9.29. The molecule has 0 spiro atoms. The molecule has 0 atom stereocenters. The van der Waals surface area contributed by atoms with Crippen molar-refractivity contribution in [2.24, 2.45) is 9.98 Å². The van der Waals surface area contributed by atoms with Crippen LogP contribution in [0.25, 0.3) is 11.1 Å². The number of halogens is 1. The molecule has 49 heavy (non-hydrogen) atoms. The highest BCUT2D eigenvalue weighted by Crippen LogP contribution is 2.30. The summed E-state index contributed by atoms with van der Waals surface area (Å²) in [6.07, 6.45) is 3.76. The van der Waals surface area contributed by atoms with E-state index in [1.165, 1.54) is 33.4 Å². The van der Waals surface area contributed by atoms with Gasteiger partial charge in [-0.05, 0) is 64.7 Å². The van der Waals surface area contributed by atoms with Gasteiger partial charge in [0.05, 0.1) is 50.9 Å². The van der Waals surface area contributed by atoms with E-state index in [9.17, 15) is 0 Å². The molecule has 4 aliphatic rings. The summed E-state index contributed by atoms with van der Waals surface area (Å²) in [5.41, 5.74) is 11.9. The third-order valence-electron chi connectivity index (χ3n) is 9.31. The zero-order valence-electron chi connectivity index (χ0n) is 27.3. The number of fused-ring (bicyclic) bond motifs is 2. The minimum atomic E-state index is 0.737. The summed E-state index contributed by atoms with van der Waals surface area (Å²) in [6.45, 7) is 8.11. The molecule has 4 aliphatic heterocycles. The summed E-state index contributed by atoms with van der Waals surface area (Å²) < 4.78 is 12.0. The first kappa shape index (κ1) is 31.6. The van der Waals surface area contributed by atoms with Gasteiger partial charge in [0.15, 0.2) is 0 Å². The lowest BCUT2D eigenvalue weighted by molar-refractivity contribution is 0.122. The molecule has 246 valence electrons. The number of nitrogens with zero attached hydrogens (tertiary/aromatic N) is 6. The van der Waals surface area contributed by atoms with Crippen LogP contribution in [0.5, 0.6) is 0 Å². The monoisotopic (exact) mass is 712 g/mol. The van der Waals surface area contributed by atoms with Gasteiger partial charge in [0.2, 0.25) is 0 Å². The summed E-state index contributed by atoms with van der Waals surface area (Å²) >= 11 is 3.53. The third kappa shape index (κ3) is 6.92. The Morgan fingerprint density at radius 3 is 1.61 bits per heavy atom. The van der Waals surface area contributed by atoms with Crippen molar-refractivity contribution >= 4 is 39.0 Å². The summed E-state index contributed by atoms with van der Waals surface area (Å²) in [5.74, 6) is 2.02. The normalized spacial score (nSPS) is 16.7. The Balaban J connectivity index is 0.000000145. The molecule has 0 N–H and O–H groups in total. The van der Waals surface area contributed by atoms with E-state index in [1.807, 2.05) is 24.5 Å². The molecule has 0 bridgehead atoms. The van der Waals surface area contributed by atoms with Crippen molar-refractivity contribution in [1.82, 2.24) is 9.97 Å². The summed E-state index contributed by atoms with van der Waals surface area (Å²) in [6, 6.07) is 31.9. The quantitative estimate of drug-likeness (QED) is 0.196. The van der Waals surface area contributed by atoms with Crippen LogP contribution in [-0.4, -0.2) is 74.0 Å². The van der Waals surface area contributed by atoms with Crippen LogP contribution >= 0.6 is 15.9 Å². The SMILES string of the molecule is Brc1ccc2c(c1)CN=C2c1ccnc(N2CCOCC2)c1.c1ccc(-c2ccc3c(c2)CN=C3c2ccnc(N3CCOCC3)c2)cc1. The number of pyridine rings is 2. The standard InChI is InChI=1S/C23H21N3O.C17H16BrN3O/c1-2-4-17(5-3-1)18-6-7-21-20(14-18)16-25-23(21)19-8-9-24-22(15-19)26-10-12-27-13-11-26;18-14-1-2-15-13(9-14)11-20-17(15)12-3-4-19-16(10-12)21-5-7-22-8-6-21/h1-9,14-15H,10-13,16H2;1-4,9-10H,5-8,11H2. The number of ether oxygens (including phenoxy) is 2. The second-order valence-corrected chi connectivity index (χ2v) is 13.3. The first-order valence-corrected chi connectivity index (χ1v) is 17.6. The molecule has 5 aromatic rings. The van der Waals surface area contributed by atoms with E-state index in [1.54, 1.807) is 0 Å². The van der Waals surface area contributed by atoms with Gasteiger partial charge in [-0.25, -0.2) is 9.97 Å². The van der Waals surface area contributed by atoms with Crippen LogP contribution in [0.3, 0.4) is 0 Å². The van der Waals surface area contributed by atoms with Crippen molar-refractivity contribution in [3.05, 3.63) is 141 Å². The van der Waals surface area contributed by atoms with Gasteiger partial charge in [-0.15, -0.1) is 0 Å². The van der Waals surface area contributed by atoms with Gasteiger partial charge >= 0.3 is 0 Å². The van der Waals surface area contributed by atoms with Crippen LogP contribution in [0.1, 0.15) is 33.4 Å². The fourth-order valence-corrected chi connectivity index (χ4v) is 7.15. The Hall–Kier alpha value is -4.70. The Labute approximate surface area is 295 Å². The van der Waals surface area contributed by atoms with Gasteiger partial charge in [-0.1, -0.05) is 64.5 Å². The maximum Gasteiger partial charge on any atom is 0.129 e. The van der Waals surface area contributed by atoms with Crippen LogP contribution in [-0.2, 0) is 22.6 Å². The average molecular weight is 714 g/mol. The number of aliphatic imine (C=N–C) groups is 2. The van der Waals surface area contributed by atoms with Crippen LogP contribution in [0.4, 0.5) is 11.6 Å². The van der Waals surface area contributed by atoms with Gasteiger partial charge < -0.3 is 19.3 Å². The van der Waals surface area contributed by atoms with E-state index < -0.39 is 0 Å². The summed E-state index contributed by atoms with van der Waals surface area (Å²) in [5, 5.41) is 0. The van der Waals surface area contributed by atoms with E-state index >= 15 is 0 Å². The van der Waals surface area contributed by atoms with E-state index in [2.05, 4.69) is 115 Å². The van der Waals surface area contributed by atoms with Crippen molar-refractivity contribution in [3.8, 4) is 11.1 Å². The molecule has 2 fully saturated rings. The van der Waals surface area contributed by atoms with E-state index in [0.717, 1.165) is 104 Å². The second-order valence-electron chi connectivity index (χ2n) is 12.4. The lowest BCUT2D eigenvalue weighted by Crippen LogP contribution is -2.36. The minimum absolute atomic E-state index is 0.737. The van der Waals surface area contributed by atoms with E-state index in [4.69, 9.17) is 19.5 Å². The lowest BCUT2D eigenvalue weighted by Gasteiger charge is -2.28. The Bertz CT molecular complexity index is 2020. The predicted octanol–water partition coefficient (Wildman–Crippen LogP) is 6.97. The minimum Gasteiger partial charge on any atom is -0.378 e. The smallest absolute Gasteiger partial charge is 0.129 e. The van der Waals surface area contributed by atoms with E-state index in [0.29, 0.717) is 0 Å². The molecule has 0 unspecified atom stereocenters. The highest BCUT2D eigenvalue weighted by molar-refractivity contribution is 9.10. The topological polar surface area (TPSA) is 75.4 Å². The van der Waals surface area contributed by atoms with Gasteiger partial charge in [-0.3, -0.25) is 9.98 Å². The fourth-order valence-electron chi connectivity index (χ4n) is 6.74. The molecule has 0 aliphatic carbocycles. The number of rotatable bonds is 5. The van der Waals surface area contributed by atoms with Crippen LogP contribution in [0.2, 0.25) is 0 Å². The van der Waals surface area contributed by atoms with Crippen molar-refractivity contribution in [2.75, 3.05) is 62.4 Å². The van der Waals surface area contributed by atoms with E-state index in [-0.39, 0.29) is 0 Å². The molecule has 0 radical (unpaired) electrons. The van der Waals surface area contributed by atoms with Gasteiger partial charge in [-0.2, -0.15) is 0 Å². The van der Waals surface area contributed by atoms with Gasteiger partial charge in [0.25, 0.3) is 0 Å².